The van der Waals surface area contributed by atoms with Crippen LogP contribution in [-0.2, 0) is 4.74 Å². The summed E-state index contributed by atoms with van der Waals surface area (Å²) in [4.78, 5) is 5.66. The van der Waals surface area contributed by atoms with Crippen LogP contribution in [0.25, 0.3) is 0 Å². The largest absolute Gasteiger partial charge is 0.374 e. The van der Waals surface area contributed by atoms with Crippen molar-refractivity contribution >= 4 is 0 Å². The lowest BCUT2D eigenvalue weighted by Crippen LogP contribution is -2.52. The molecule has 0 spiro atoms. The number of alkyl halides is 4. The van der Waals surface area contributed by atoms with E-state index >= 15 is 22.0 Å². The van der Waals surface area contributed by atoms with Crippen LogP contribution in [-0.4, -0.2) is 76.9 Å². The second kappa shape index (κ2) is 25.8. The molecular formula is C79H101F5N2O. The average molecular weight is 1190 g/mol. The molecule has 468 valence electrons. The van der Waals surface area contributed by atoms with Gasteiger partial charge in [0.2, 0.25) is 0 Å². The summed E-state index contributed by atoms with van der Waals surface area (Å²) in [5, 5.41) is 0. The zero-order valence-corrected chi connectivity index (χ0v) is 52.2. The summed E-state index contributed by atoms with van der Waals surface area (Å²) >= 11 is 0. The third-order valence-corrected chi connectivity index (χ3v) is 25.9. The molecule has 0 bridgehead atoms. The number of fused-ring (bicyclic) bond motifs is 5. The third kappa shape index (κ3) is 11.1. The summed E-state index contributed by atoms with van der Waals surface area (Å²) in [6, 6.07) is 1.39. The van der Waals surface area contributed by atoms with Crippen molar-refractivity contribution in [2.24, 2.45) is 64.6 Å². The minimum absolute atomic E-state index is 0.138. The molecule has 1 saturated heterocycles. The Balaban J connectivity index is 0.798. The van der Waals surface area contributed by atoms with Gasteiger partial charge in [0.15, 0.2) is 24.7 Å². The Morgan fingerprint density at radius 1 is 0.632 bits per heavy atom. The molecule has 3 nitrogen and oxygen atoms in total. The SMILES string of the molecule is C=CC1=CCC(OC2CC=C(C3(C4=CCCCC4)C4=C(C=CCC4)C4C=CC(N(C5=CC=C(C6CCC7C(C6)C6CC(C8C=CC(C=C)CC8)CCC6N7C6CCC(C=C)CC6)CC5)C5CC=CCC5C5=C(F)C(F)C(F)C(F)C5F)CC43)CC2)CC1. The number of rotatable bonds is 14. The molecule has 0 radical (unpaired) electrons. The van der Waals surface area contributed by atoms with E-state index in [1.807, 2.05) is 12.2 Å². The fourth-order valence-corrected chi connectivity index (χ4v) is 21.7. The fourth-order valence-electron chi connectivity index (χ4n) is 21.7. The highest BCUT2D eigenvalue weighted by Gasteiger charge is 2.60. The van der Waals surface area contributed by atoms with E-state index in [2.05, 4.69) is 115 Å². The van der Waals surface area contributed by atoms with Crippen LogP contribution in [0.15, 0.2) is 167 Å². The molecule has 0 N–H and O–H groups in total. The standard InChI is InChI=1S/C79H101F5N2O/c1-4-49-20-26-52(27-21-49)54-30-44-71-66(46-54)67-47-55(31-45-72(67)86(71)59-34-22-50(5-2)23-35-59)53-28-36-58(37-29-53)85(70-19-13-11-17-65(70)73-74(80)76(82)78(84)77(83)75(73)81)60-38-43-64-63-16-10-12-18-68(63)79(69(64)48-60,56-14-8-7-9-15-56)57-32-41-62(42-33-57)87-61-39-24-51(6-3)25-40-61/h4-6,10-11,13-14,16,20,24,26,28,32,36,38,43,49-50,52,54-55,59-62,64-67,69-72,74,76-78H,1-3,7-9,12,15,17-19,21-23,25,27,29-31,33-35,37,39-42,44-48H2. The number of hydrogen-bond acceptors (Lipinski definition) is 3. The van der Waals surface area contributed by atoms with E-state index in [1.165, 1.54) is 101 Å². The van der Waals surface area contributed by atoms with Crippen LogP contribution >= 0.6 is 0 Å². The maximum Gasteiger partial charge on any atom is 0.185 e. The van der Waals surface area contributed by atoms with Crippen molar-refractivity contribution < 1.29 is 26.7 Å². The number of nitrogens with zero attached hydrogens (tertiary/aromatic N) is 2. The Labute approximate surface area is 519 Å². The highest BCUT2D eigenvalue weighted by atomic mass is 19.2. The van der Waals surface area contributed by atoms with Gasteiger partial charge in [-0.3, -0.25) is 4.90 Å². The highest BCUT2D eigenvalue weighted by Crippen LogP contribution is 2.67. The Morgan fingerprint density at radius 2 is 1.41 bits per heavy atom. The van der Waals surface area contributed by atoms with E-state index in [-0.39, 0.29) is 41.9 Å². The van der Waals surface area contributed by atoms with E-state index in [0.717, 1.165) is 101 Å². The molecule has 0 aromatic rings. The molecule has 20 atom stereocenters. The number of allylic oxidation sites excluding steroid dienone is 20. The van der Waals surface area contributed by atoms with Crippen molar-refractivity contribution in [1.82, 2.24) is 9.80 Å². The molecule has 13 aliphatic carbocycles. The topological polar surface area (TPSA) is 15.7 Å². The van der Waals surface area contributed by atoms with Gasteiger partial charge < -0.3 is 9.64 Å². The first-order valence-corrected chi connectivity index (χ1v) is 35.5. The molecule has 3 saturated carbocycles. The Hall–Kier alpha value is -4.27. The molecule has 0 aromatic heterocycles. The van der Waals surface area contributed by atoms with E-state index in [4.69, 9.17) is 4.74 Å². The van der Waals surface area contributed by atoms with Gasteiger partial charge in [-0.1, -0.05) is 126 Å². The van der Waals surface area contributed by atoms with Crippen LogP contribution in [0.5, 0.6) is 0 Å². The fraction of sp³-hybridized carbons (Fsp3) is 0.646. The molecule has 1 aliphatic heterocycles. The van der Waals surface area contributed by atoms with Gasteiger partial charge in [0, 0.05) is 58.7 Å². The quantitative estimate of drug-likeness (QED) is 0.127. The maximum atomic E-state index is 16.6. The van der Waals surface area contributed by atoms with Crippen molar-refractivity contribution in [2.45, 2.75) is 253 Å². The van der Waals surface area contributed by atoms with Gasteiger partial charge in [-0.2, -0.15) is 0 Å². The van der Waals surface area contributed by atoms with E-state index < -0.39 is 48.0 Å². The van der Waals surface area contributed by atoms with Crippen LogP contribution < -0.4 is 0 Å². The van der Waals surface area contributed by atoms with Crippen LogP contribution in [0.4, 0.5) is 22.0 Å². The molecule has 20 unspecified atom stereocenters. The van der Waals surface area contributed by atoms with Crippen LogP contribution in [0.3, 0.4) is 0 Å². The Bertz CT molecular complexity index is 2960. The third-order valence-electron chi connectivity index (χ3n) is 25.9. The molecule has 0 aromatic carbocycles. The minimum Gasteiger partial charge on any atom is -0.374 e. The van der Waals surface area contributed by atoms with Gasteiger partial charge in [0.05, 0.1) is 12.2 Å². The van der Waals surface area contributed by atoms with Crippen LogP contribution in [0.1, 0.15) is 186 Å². The Morgan fingerprint density at radius 3 is 2.13 bits per heavy atom. The normalized spacial score (nSPS) is 43.9. The lowest BCUT2D eigenvalue weighted by atomic mass is 9.56. The predicted molar refractivity (Wildman–Crippen MR) is 345 cm³/mol. The molecule has 87 heavy (non-hydrogen) atoms. The lowest BCUT2D eigenvalue weighted by Gasteiger charge is -2.52. The first-order chi connectivity index (χ1) is 42.6. The molecular weight excluding hydrogens is 1090 g/mol. The van der Waals surface area contributed by atoms with E-state index in [0.29, 0.717) is 54.1 Å². The van der Waals surface area contributed by atoms with Crippen LogP contribution in [0, 0.1) is 64.6 Å². The summed E-state index contributed by atoms with van der Waals surface area (Å²) in [6.45, 7) is 12.4. The molecule has 0 amide bonds. The first-order valence-electron chi connectivity index (χ1n) is 35.5. The summed E-state index contributed by atoms with van der Waals surface area (Å²) in [5.74, 6) is 2.66. The number of hydrogen-bond donors (Lipinski definition) is 0. The smallest absolute Gasteiger partial charge is 0.185 e. The van der Waals surface area contributed by atoms with E-state index in [1.54, 1.807) is 22.3 Å². The lowest BCUT2D eigenvalue weighted by molar-refractivity contribution is -0.0219. The zero-order chi connectivity index (χ0) is 59.5. The van der Waals surface area contributed by atoms with Gasteiger partial charge >= 0.3 is 0 Å². The molecule has 14 rings (SSSR count). The van der Waals surface area contributed by atoms with Crippen molar-refractivity contribution in [1.29, 1.82) is 0 Å². The van der Waals surface area contributed by atoms with Gasteiger partial charge in [-0.05, 0) is 245 Å². The van der Waals surface area contributed by atoms with Gasteiger partial charge in [-0.25, -0.2) is 22.0 Å². The number of halogens is 5. The van der Waals surface area contributed by atoms with E-state index in [9.17, 15) is 0 Å². The first kappa shape index (κ1) is 60.3. The molecule has 1 heterocycles. The van der Waals surface area contributed by atoms with Crippen molar-refractivity contribution in [3.63, 3.8) is 0 Å². The Kier molecular flexibility index (Phi) is 17.9. The molecule has 4 fully saturated rings. The van der Waals surface area contributed by atoms with Gasteiger partial charge in [0.1, 0.15) is 5.83 Å². The number of ether oxygens (including phenoxy) is 1. The van der Waals surface area contributed by atoms with Crippen LogP contribution in [0.2, 0.25) is 0 Å². The maximum absolute atomic E-state index is 16.6. The highest BCUT2D eigenvalue weighted by molar-refractivity contribution is 5.57. The second-order valence-electron chi connectivity index (χ2n) is 29.9. The van der Waals surface area contributed by atoms with Crippen molar-refractivity contribution in [3.05, 3.63) is 167 Å². The average Bonchev–Trinajstić information content (AvgIpc) is 1.59. The molecule has 14 aliphatic rings. The minimum atomic E-state index is -2.87. The van der Waals surface area contributed by atoms with Gasteiger partial charge in [-0.15, -0.1) is 13.2 Å². The zero-order valence-electron chi connectivity index (χ0n) is 52.2. The molecule has 8 heteroatoms. The summed E-state index contributed by atoms with van der Waals surface area (Å²) in [7, 11) is 0. The summed E-state index contributed by atoms with van der Waals surface area (Å²) in [5.41, 5.74) is 9.53. The van der Waals surface area contributed by atoms with Crippen molar-refractivity contribution in [3.8, 4) is 0 Å². The number of likely N-dealkylation sites (tertiary alicyclic amines) is 1. The monoisotopic (exact) mass is 1190 g/mol. The summed E-state index contributed by atoms with van der Waals surface area (Å²) in [6.07, 6.45) is 58.1. The summed E-state index contributed by atoms with van der Waals surface area (Å²) < 4.78 is 86.6. The van der Waals surface area contributed by atoms with Crippen molar-refractivity contribution in [2.75, 3.05) is 0 Å². The second-order valence-corrected chi connectivity index (χ2v) is 29.9. The predicted octanol–water partition coefficient (Wildman–Crippen LogP) is 20.1. The van der Waals surface area contributed by atoms with Gasteiger partial charge in [0.25, 0.3) is 0 Å².